The average Bonchev–Trinajstić information content (AvgIpc) is 2.64. The van der Waals surface area contributed by atoms with Crippen molar-refractivity contribution in [3.8, 4) is 0 Å². The molecule has 0 saturated carbocycles. The summed E-state index contributed by atoms with van der Waals surface area (Å²) in [5.41, 5.74) is 2.24. The van der Waals surface area contributed by atoms with Crippen molar-refractivity contribution >= 4 is 11.6 Å². The third-order valence-corrected chi connectivity index (χ3v) is 4.40. The predicted molar refractivity (Wildman–Crippen MR) is 98.3 cm³/mol. The summed E-state index contributed by atoms with van der Waals surface area (Å²) in [4.78, 5) is 17.1. The molecule has 1 aliphatic rings. The topological polar surface area (TPSA) is 35.6 Å². The largest absolute Gasteiger partial charge is 0.314 e. The minimum atomic E-state index is 0.180. The summed E-state index contributed by atoms with van der Waals surface area (Å²) in [5, 5.41) is 3.33. The van der Waals surface area contributed by atoms with Crippen LogP contribution in [-0.2, 0) is 11.2 Å². The van der Waals surface area contributed by atoms with Crippen LogP contribution in [0.25, 0.3) is 0 Å². The molecule has 24 heavy (non-hydrogen) atoms. The lowest BCUT2D eigenvalue weighted by Gasteiger charge is -2.30. The molecular weight excluding hydrogens is 298 g/mol. The van der Waals surface area contributed by atoms with E-state index in [0.29, 0.717) is 13.1 Å². The summed E-state index contributed by atoms with van der Waals surface area (Å²) in [6.07, 6.45) is 0.864. The van der Waals surface area contributed by atoms with Crippen LogP contribution >= 0.6 is 0 Å². The number of nitrogens with one attached hydrogen (secondary N) is 1. The highest BCUT2D eigenvalue weighted by molar-refractivity contribution is 5.94. The molecular formula is C20H25N3O. The summed E-state index contributed by atoms with van der Waals surface area (Å²) < 4.78 is 0. The van der Waals surface area contributed by atoms with E-state index in [4.69, 9.17) is 0 Å². The number of hydrogen-bond acceptors (Lipinski definition) is 3. The molecule has 4 nitrogen and oxygen atoms in total. The lowest BCUT2D eigenvalue weighted by molar-refractivity contribution is -0.119. The number of amides is 1. The Balaban J connectivity index is 1.68. The number of benzene rings is 2. The van der Waals surface area contributed by atoms with Gasteiger partial charge in [-0.25, -0.2) is 0 Å². The molecule has 1 heterocycles. The van der Waals surface area contributed by atoms with Crippen molar-refractivity contribution in [2.45, 2.75) is 6.42 Å². The quantitative estimate of drug-likeness (QED) is 0.885. The summed E-state index contributed by atoms with van der Waals surface area (Å²) in [6, 6.07) is 20.3. The molecule has 1 fully saturated rings. The second-order valence-corrected chi connectivity index (χ2v) is 6.14. The molecule has 1 amide bonds. The van der Waals surface area contributed by atoms with Crippen LogP contribution in [0, 0.1) is 0 Å². The number of para-hydroxylation sites is 1. The van der Waals surface area contributed by atoms with Crippen molar-refractivity contribution in [1.29, 1.82) is 0 Å². The molecule has 0 unspecified atom stereocenters. The van der Waals surface area contributed by atoms with Crippen molar-refractivity contribution in [3.05, 3.63) is 66.2 Å². The molecule has 0 atom stereocenters. The molecule has 1 aliphatic heterocycles. The summed E-state index contributed by atoms with van der Waals surface area (Å²) >= 11 is 0. The second kappa shape index (κ2) is 8.62. The van der Waals surface area contributed by atoms with Crippen LogP contribution in [0.3, 0.4) is 0 Å². The van der Waals surface area contributed by atoms with E-state index in [-0.39, 0.29) is 5.91 Å². The van der Waals surface area contributed by atoms with Gasteiger partial charge in [0.1, 0.15) is 0 Å². The van der Waals surface area contributed by atoms with E-state index >= 15 is 0 Å². The molecule has 2 aromatic carbocycles. The van der Waals surface area contributed by atoms with Crippen molar-refractivity contribution in [3.63, 3.8) is 0 Å². The second-order valence-electron chi connectivity index (χ2n) is 6.14. The summed E-state index contributed by atoms with van der Waals surface area (Å²) in [6.45, 7) is 5.00. The van der Waals surface area contributed by atoms with Crippen LogP contribution in [0.5, 0.6) is 0 Å². The molecule has 2 aromatic rings. The number of anilines is 1. The third kappa shape index (κ3) is 4.66. The van der Waals surface area contributed by atoms with Crippen molar-refractivity contribution in [2.24, 2.45) is 0 Å². The molecule has 4 heteroatoms. The van der Waals surface area contributed by atoms with E-state index in [2.05, 4.69) is 22.3 Å². The van der Waals surface area contributed by atoms with E-state index in [0.717, 1.165) is 38.3 Å². The monoisotopic (exact) mass is 323 g/mol. The van der Waals surface area contributed by atoms with Gasteiger partial charge in [-0.05, 0) is 24.1 Å². The first-order chi connectivity index (χ1) is 11.8. The Bertz CT molecular complexity index is 624. The van der Waals surface area contributed by atoms with Gasteiger partial charge in [0.15, 0.2) is 0 Å². The van der Waals surface area contributed by atoms with Gasteiger partial charge in [0, 0.05) is 38.4 Å². The highest BCUT2D eigenvalue weighted by Gasteiger charge is 2.20. The van der Waals surface area contributed by atoms with E-state index in [1.807, 2.05) is 53.4 Å². The molecule has 1 N–H and O–H groups in total. The van der Waals surface area contributed by atoms with E-state index < -0.39 is 0 Å². The number of nitrogens with zero attached hydrogens (tertiary/aromatic N) is 2. The predicted octanol–water partition coefficient (Wildman–Crippen LogP) is 2.17. The molecule has 0 aliphatic carbocycles. The number of carbonyl (C=O) groups excluding carboxylic acids is 1. The van der Waals surface area contributed by atoms with E-state index in [1.54, 1.807) is 0 Å². The molecule has 0 aromatic heterocycles. The Labute approximate surface area is 144 Å². The molecule has 126 valence electrons. The molecule has 0 bridgehead atoms. The van der Waals surface area contributed by atoms with Crippen LogP contribution in [0.15, 0.2) is 60.7 Å². The first-order valence-electron chi connectivity index (χ1n) is 8.65. The van der Waals surface area contributed by atoms with Gasteiger partial charge in [0.05, 0.1) is 6.54 Å². The summed E-state index contributed by atoms with van der Waals surface area (Å²) in [7, 11) is 0. The standard InChI is InChI=1S/C20H25N3O/c24-20(17-22-15-12-21-13-16-22)23(19-9-5-2-6-10-19)14-11-18-7-3-1-4-8-18/h1-10,21H,11-17H2. The first kappa shape index (κ1) is 16.7. The van der Waals surface area contributed by atoms with Gasteiger partial charge in [-0.3, -0.25) is 9.69 Å². The maximum Gasteiger partial charge on any atom is 0.241 e. The van der Waals surface area contributed by atoms with Crippen LogP contribution in [0.2, 0.25) is 0 Å². The van der Waals surface area contributed by atoms with Gasteiger partial charge >= 0.3 is 0 Å². The summed E-state index contributed by atoms with van der Waals surface area (Å²) in [5.74, 6) is 0.180. The smallest absolute Gasteiger partial charge is 0.241 e. The lowest BCUT2D eigenvalue weighted by atomic mass is 10.1. The van der Waals surface area contributed by atoms with Gasteiger partial charge in [0.25, 0.3) is 0 Å². The Morgan fingerprint density at radius 3 is 2.25 bits per heavy atom. The van der Waals surface area contributed by atoms with Crippen LogP contribution in [0.1, 0.15) is 5.56 Å². The van der Waals surface area contributed by atoms with Gasteiger partial charge in [-0.15, -0.1) is 0 Å². The van der Waals surface area contributed by atoms with Gasteiger partial charge < -0.3 is 10.2 Å². The van der Waals surface area contributed by atoms with Gasteiger partial charge in [-0.2, -0.15) is 0 Å². The highest BCUT2D eigenvalue weighted by atomic mass is 16.2. The maximum atomic E-state index is 12.9. The minimum absolute atomic E-state index is 0.180. The fourth-order valence-corrected chi connectivity index (χ4v) is 3.04. The fraction of sp³-hybridized carbons (Fsp3) is 0.350. The zero-order chi connectivity index (χ0) is 16.6. The SMILES string of the molecule is O=C(CN1CCNCC1)N(CCc1ccccc1)c1ccccc1. The van der Waals surface area contributed by atoms with Gasteiger partial charge in [0.2, 0.25) is 5.91 Å². The number of piperazine rings is 1. The number of carbonyl (C=O) groups is 1. The molecule has 0 radical (unpaired) electrons. The molecule has 1 saturated heterocycles. The van der Waals surface area contributed by atoms with Crippen LogP contribution in [-0.4, -0.2) is 50.1 Å². The van der Waals surface area contributed by atoms with E-state index in [9.17, 15) is 4.79 Å². The van der Waals surface area contributed by atoms with Crippen molar-refractivity contribution < 1.29 is 4.79 Å². The normalized spacial score (nSPS) is 15.2. The minimum Gasteiger partial charge on any atom is -0.314 e. The van der Waals surface area contributed by atoms with Crippen molar-refractivity contribution in [2.75, 3.05) is 44.2 Å². The number of hydrogen-bond donors (Lipinski definition) is 1. The Hall–Kier alpha value is -2.17. The maximum absolute atomic E-state index is 12.9. The Morgan fingerprint density at radius 2 is 1.58 bits per heavy atom. The Morgan fingerprint density at radius 1 is 0.958 bits per heavy atom. The Kier molecular flexibility index (Phi) is 5.99. The van der Waals surface area contributed by atoms with Crippen LogP contribution < -0.4 is 10.2 Å². The highest BCUT2D eigenvalue weighted by Crippen LogP contribution is 2.15. The first-order valence-corrected chi connectivity index (χ1v) is 8.65. The number of rotatable bonds is 6. The molecule has 3 rings (SSSR count). The lowest BCUT2D eigenvalue weighted by Crippen LogP contribution is -2.48. The average molecular weight is 323 g/mol. The van der Waals surface area contributed by atoms with Crippen LogP contribution in [0.4, 0.5) is 5.69 Å². The zero-order valence-electron chi connectivity index (χ0n) is 14.0. The third-order valence-electron chi connectivity index (χ3n) is 4.40. The fourth-order valence-electron chi connectivity index (χ4n) is 3.04. The van der Waals surface area contributed by atoms with Crippen molar-refractivity contribution in [1.82, 2.24) is 10.2 Å². The van der Waals surface area contributed by atoms with E-state index in [1.165, 1.54) is 5.56 Å². The van der Waals surface area contributed by atoms with Gasteiger partial charge in [-0.1, -0.05) is 48.5 Å². The zero-order valence-corrected chi connectivity index (χ0v) is 14.0. The molecule has 0 spiro atoms.